The first-order valence-corrected chi connectivity index (χ1v) is 32.9. The molecule has 6 aromatic rings. The summed E-state index contributed by atoms with van der Waals surface area (Å²) in [5, 5.41) is 14.6. The fourth-order valence-corrected chi connectivity index (χ4v) is 11.6. The van der Waals surface area contributed by atoms with E-state index in [1.807, 2.05) is 84.2 Å². The van der Waals surface area contributed by atoms with Crippen LogP contribution in [0, 0.1) is 0 Å². The number of aryl methyl sites for hydroxylation is 2. The quantitative estimate of drug-likeness (QED) is 0.0418. The van der Waals surface area contributed by atoms with E-state index in [2.05, 4.69) is 97.2 Å². The number of carbonyl (C=O) groups excluding carboxylic acids is 5. The molecule has 432 valence electrons. The summed E-state index contributed by atoms with van der Waals surface area (Å²) >= 11 is 0. The van der Waals surface area contributed by atoms with Gasteiger partial charge in [-0.15, -0.1) is 0 Å². The van der Waals surface area contributed by atoms with Gasteiger partial charge >= 0.3 is 123 Å². The molecule has 0 spiro atoms. The van der Waals surface area contributed by atoms with Crippen molar-refractivity contribution in [3.8, 4) is 22.5 Å². The summed E-state index contributed by atoms with van der Waals surface area (Å²) in [5.74, 6) is -0.266. The minimum Gasteiger partial charge on any atom is -0.407 e. The van der Waals surface area contributed by atoms with Gasteiger partial charge in [0.15, 0.2) is 22.4 Å². The second-order valence-electron chi connectivity index (χ2n) is 23.6. The number of rotatable bonds is 18. The van der Waals surface area contributed by atoms with Crippen LogP contribution >= 0.6 is 0 Å². The predicted octanol–water partition coefficient (Wildman–Crippen LogP) is 10.6. The molecule has 0 saturated heterocycles. The van der Waals surface area contributed by atoms with Gasteiger partial charge in [-0.25, -0.2) is 4.98 Å². The standard InChI is InChI=1S/C30H37BN4O4Si.C22H34BN3O3Si.C8H5NO2.CH4/c1-19(39-40(6,7)30(2,3)4)26-33-25(18-34(26)5)21-14-12-20(13-15-21)16-22(32-29(31)38)17-35-27(36)23-10-8-9-11-24(23)28(35)37;1-16(29-30(6,7)22(2,3)4)21-25-20(13-26(21)5)18-10-8-17(9-11-18)12-19(14-27)24-15-23-28;10-7-5-3-1-2-4-6(5)8(11)9-7;/h8-15,18-19,22H,16-17H2,1-7H3,(H,32,38);8-11,13,15-16,19,27H,12,14H2,1-7H3;1-4H,(H,9,10,11);1H4. The molecule has 17 nitrogen and oxygen atoms in total. The van der Waals surface area contributed by atoms with E-state index in [9.17, 15) is 33.8 Å². The van der Waals surface area contributed by atoms with E-state index in [-0.39, 0.29) is 72.5 Å². The first kappa shape index (κ1) is 65.8. The average Bonchev–Trinajstić information content (AvgIpc) is 4.34. The van der Waals surface area contributed by atoms with Crippen molar-refractivity contribution in [3.05, 3.63) is 154 Å². The van der Waals surface area contributed by atoms with E-state index in [1.165, 1.54) is 11.0 Å². The van der Waals surface area contributed by atoms with Crippen molar-refractivity contribution in [1.82, 2.24) is 34.6 Å². The minimum atomic E-state index is -1.96. The molecule has 0 fully saturated rings. The Kier molecular flexibility index (Phi) is 21.9. The summed E-state index contributed by atoms with van der Waals surface area (Å²) in [6.45, 7) is 26.4. The van der Waals surface area contributed by atoms with E-state index in [4.69, 9.17) is 26.7 Å². The van der Waals surface area contributed by atoms with Gasteiger partial charge in [0.2, 0.25) is 7.85 Å². The van der Waals surface area contributed by atoms with Crippen LogP contribution in [-0.4, -0.2) is 122 Å². The van der Waals surface area contributed by atoms with Gasteiger partial charge in [0.1, 0.15) is 11.9 Å². The summed E-state index contributed by atoms with van der Waals surface area (Å²) in [4.78, 5) is 74.2. The minimum absolute atomic E-state index is 0. The van der Waals surface area contributed by atoms with Crippen LogP contribution in [0.2, 0.25) is 36.3 Å². The van der Waals surface area contributed by atoms with Gasteiger partial charge in [-0.1, -0.05) is 97.5 Å². The Bertz CT molecular complexity index is 3210. The van der Waals surface area contributed by atoms with Crippen molar-refractivity contribution >= 4 is 67.2 Å². The molecule has 82 heavy (non-hydrogen) atoms. The molecular weight excluding hydrogens is 1070 g/mol. The number of hydrogen-bond acceptors (Lipinski definition) is 12. The van der Waals surface area contributed by atoms with E-state index >= 15 is 0 Å². The zero-order valence-electron chi connectivity index (χ0n) is 49.2. The van der Waals surface area contributed by atoms with Crippen molar-refractivity contribution < 1.29 is 42.6 Å². The second-order valence-corrected chi connectivity index (χ2v) is 33.1. The van der Waals surface area contributed by atoms with Crippen LogP contribution in [0.5, 0.6) is 0 Å². The molecule has 2 radical (unpaired) electrons. The number of imide groups is 2. The summed E-state index contributed by atoms with van der Waals surface area (Å²) in [6.07, 6.45) is 5.97. The number of fused-ring (bicyclic) bond motifs is 2. The molecule has 21 heteroatoms. The fraction of sp³-hybridized carbons (Fsp3) is 0.410. The second kappa shape index (κ2) is 27.4. The summed E-state index contributed by atoms with van der Waals surface area (Å²) in [6, 6.07) is 28.5. The summed E-state index contributed by atoms with van der Waals surface area (Å²) in [5.41, 5.74) is 7.37. The third-order valence-electron chi connectivity index (χ3n) is 15.4. The number of carbonyl (C=O) groups is 5. The molecule has 4 unspecified atom stereocenters. The van der Waals surface area contributed by atoms with Gasteiger partial charge in [0.25, 0.3) is 23.6 Å². The first-order chi connectivity index (χ1) is 37.9. The molecule has 4 heterocycles. The Hall–Kier alpha value is -7.04. The number of aliphatic imine (C=N–C) groups is 1. The molecule has 4 aromatic carbocycles. The Balaban J connectivity index is 0.000000256. The van der Waals surface area contributed by atoms with Gasteiger partial charge in [0.05, 0.1) is 34.0 Å². The molecule has 5 amide bonds. The predicted molar refractivity (Wildman–Crippen MR) is 329 cm³/mol. The van der Waals surface area contributed by atoms with Gasteiger partial charge < -0.3 is 18.7 Å². The summed E-state index contributed by atoms with van der Waals surface area (Å²) in [7, 11) is 6.18. The van der Waals surface area contributed by atoms with Gasteiger partial charge in [-0.3, -0.25) is 34.2 Å². The Morgan fingerprint density at radius 2 is 1.09 bits per heavy atom. The van der Waals surface area contributed by atoms with Gasteiger partial charge in [0, 0.05) is 25.4 Å². The van der Waals surface area contributed by atoms with Crippen LogP contribution < -0.4 is 10.6 Å². The Morgan fingerprint density at radius 3 is 1.45 bits per heavy atom. The molecule has 0 saturated carbocycles. The van der Waals surface area contributed by atoms with Crippen LogP contribution in [0.4, 0.5) is 4.79 Å². The number of nitrogens with one attached hydrogen (secondary N) is 2. The van der Waals surface area contributed by atoms with Crippen LogP contribution in [-0.2, 0) is 40.5 Å². The van der Waals surface area contributed by atoms with E-state index in [0.717, 1.165) is 45.3 Å². The number of benzene rings is 4. The normalized spacial score (nSPS) is 14.7. The molecule has 0 bridgehead atoms. The third kappa shape index (κ3) is 16.1. The molecule has 3 N–H and O–H groups in total. The number of aromatic nitrogens is 4. The van der Waals surface area contributed by atoms with Crippen molar-refractivity contribution in [2.45, 2.75) is 136 Å². The van der Waals surface area contributed by atoms with Crippen LogP contribution in [0.25, 0.3) is 22.5 Å². The van der Waals surface area contributed by atoms with Crippen LogP contribution in [0.1, 0.15) is 139 Å². The maximum absolute atomic E-state index is 12.8. The molecule has 2 aromatic heterocycles. The molecular formula is C61H80B2N8O9Si2. The topological polar surface area (TPSA) is 216 Å². The first-order valence-electron chi connectivity index (χ1n) is 27.1. The Labute approximate surface area is 487 Å². The number of aliphatic hydroxyl groups excluding tert-OH is 1. The maximum atomic E-state index is 12.8. The molecule has 8 rings (SSSR count). The number of imidazole rings is 2. The SMILES string of the molecule is C.CC(O[Si](C)(C)C(C)(C)C)c1nc(-c2ccc(CC(CO)N=CB=O)cc2)cn1C.O=C1NC(=O)c2ccccc21.[B]C(=O)NC(Cc1ccc(-c2cn(C)c(C(C)O[Si](C)(C)C(C)(C)C)n2)cc1)CN1C(=O)c2ccccc2C1=O. The van der Waals surface area contributed by atoms with Gasteiger partial charge in [-0.05, 0) is 86.4 Å². The van der Waals surface area contributed by atoms with Crippen molar-refractivity contribution in [1.29, 1.82) is 0 Å². The van der Waals surface area contributed by atoms with Gasteiger partial charge in [-0.2, -0.15) is 0 Å². The summed E-state index contributed by atoms with van der Waals surface area (Å²) < 4.78 is 27.6. The third-order valence-corrected chi connectivity index (χ3v) is 24.5. The average molecular weight is 1150 g/mol. The molecule has 2 aliphatic rings. The van der Waals surface area contributed by atoms with Crippen LogP contribution in [0.3, 0.4) is 0 Å². The Morgan fingerprint density at radius 1 is 0.695 bits per heavy atom. The number of nitrogens with zero attached hydrogens (tertiary/aromatic N) is 6. The van der Waals surface area contributed by atoms with E-state index < -0.39 is 28.5 Å². The van der Waals surface area contributed by atoms with E-state index in [0.29, 0.717) is 42.2 Å². The van der Waals surface area contributed by atoms with E-state index in [1.54, 1.807) is 48.5 Å². The monoisotopic (exact) mass is 1150 g/mol. The van der Waals surface area contributed by atoms with Crippen molar-refractivity contribution in [3.63, 3.8) is 0 Å². The molecule has 0 aliphatic carbocycles. The van der Waals surface area contributed by atoms with Crippen molar-refractivity contribution in [2.75, 3.05) is 13.2 Å². The van der Waals surface area contributed by atoms with Crippen LogP contribution in [0.15, 0.2) is 114 Å². The number of aliphatic hydroxyl groups is 1. The zero-order chi connectivity index (χ0) is 59.8. The smallest absolute Gasteiger partial charge is 0.407 e. The van der Waals surface area contributed by atoms with Crippen molar-refractivity contribution in [2.24, 2.45) is 19.1 Å². The fourth-order valence-electron chi connectivity index (χ4n) is 8.94. The number of amides is 5. The zero-order valence-corrected chi connectivity index (χ0v) is 51.2. The number of hydrogen-bond donors (Lipinski definition) is 3. The molecule has 2 aliphatic heterocycles. The molecule has 4 atom stereocenters.